The van der Waals surface area contributed by atoms with Gasteiger partial charge in [0.15, 0.2) is 17.5 Å². The summed E-state index contributed by atoms with van der Waals surface area (Å²) in [6.07, 6.45) is 0. The van der Waals surface area contributed by atoms with Gasteiger partial charge < -0.3 is 0 Å². The van der Waals surface area contributed by atoms with Gasteiger partial charge in [-0.25, -0.2) is 23.7 Å². The molecule has 0 saturated carbocycles. The van der Waals surface area contributed by atoms with E-state index in [1.54, 1.807) is 0 Å². The summed E-state index contributed by atoms with van der Waals surface area (Å²) in [5.74, 6) is 0.393. The number of aromatic nitrogens is 3. The van der Waals surface area contributed by atoms with Crippen molar-refractivity contribution in [3.8, 4) is 56.4 Å². The maximum absolute atomic E-state index is 13.8. The van der Waals surface area contributed by atoms with Crippen molar-refractivity contribution in [2.45, 2.75) is 0 Å². The van der Waals surface area contributed by atoms with Gasteiger partial charge in [-0.15, -0.1) is 0 Å². The van der Waals surface area contributed by atoms with Crippen molar-refractivity contribution in [2.75, 3.05) is 0 Å². The van der Waals surface area contributed by atoms with E-state index in [9.17, 15) is 8.78 Å². The van der Waals surface area contributed by atoms with Gasteiger partial charge >= 0.3 is 0 Å². The number of benzene rings is 6. The summed E-state index contributed by atoms with van der Waals surface area (Å²) in [7, 11) is 0. The molecule has 1 aromatic heterocycles. The van der Waals surface area contributed by atoms with Gasteiger partial charge in [-0.1, -0.05) is 115 Å². The molecule has 0 unspecified atom stereocenters. The predicted octanol–water partition coefficient (Wildman–Crippen LogP) is 9.64. The van der Waals surface area contributed by atoms with Gasteiger partial charge in [0.1, 0.15) is 11.6 Å². The third-order valence-corrected chi connectivity index (χ3v) is 7.26. The van der Waals surface area contributed by atoms with E-state index in [1.807, 2.05) is 84.9 Å². The van der Waals surface area contributed by atoms with E-state index in [4.69, 9.17) is 15.0 Å². The summed E-state index contributed by atoms with van der Waals surface area (Å²) >= 11 is 0. The monoisotopic (exact) mass is 547 g/mol. The Morgan fingerprint density at radius 2 is 0.786 bits per heavy atom. The highest BCUT2D eigenvalue weighted by molar-refractivity contribution is 6.04. The maximum atomic E-state index is 13.8. The highest BCUT2D eigenvalue weighted by Gasteiger charge is 2.16. The predicted molar refractivity (Wildman–Crippen MR) is 164 cm³/mol. The molecule has 0 atom stereocenters. The minimum atomic E-state index is -0.616. The lowest BCUT2D eigenvalue weighted by Gasteiger charge is -2.13. The third kappa shape index (κ3) is 4.93. The van der Waals surface area contributed by atoms with E-state index in [2.05, 4.69) is 36.4 Å². The highest BCUT2D eigenvalue weighted by Crippen LogP contribution is 2.36. The maximum Gasteiger partial charge on any atom is 0.164 e. The molecule has 1 heterocycles. The molecule has 0 N–H and O–H groups in total. The summed E-state index contributed by atoms with van der Waals surface area (Å²) in [4.78, 5) is 14.7. The Bertz CT molecular complexity index is 2020. The fraction of sp³-hybridized carbons (Fsp3) is 0. The number of hydrogen-bond acceptors (Lipinski definition) is 3. The van der Waals surface area contributed by atoms with Gasteiger partial charge in [0.25, 0.3) is 0 Å². The molecule has 5 heteroatoms. The smallest absolute Gasteiger partial charge is 0.164 e. The number of hydrogen-bond donors (Lipinski definition) is 0. The first kappa shape index (κ1) is 25.4. The number of halogens is 2. The lowest BCUT2D eigenvalue weighted by Crippen LogP contribution is -2.00. The van der Waals surface area contributed by atoms with Gasteiger partial charge in [0, 0.05) is 22.8 Å². The molecule has 7 rings (SSSR count). The summed E-state index contributed by atoms with van der Waals surface area (Å²) in [6, 6.07) is 43.4. The molecule has 0 saturated heterocycles. The first-order valence-corrected chi connectivity index (χ1v) is 13.6. The second kappa shape index (κ2) is 10.8. The standard InChI is InChI=1S/C37H23F2N3/c38-29-21-28(22-30(39)23-29)24-15-17-27(18-16-24)36-40-35(26-11-5-2-6-12-26)41-37(42-36)34-20-19-31(25-9-3-1-4-10-25)32-13-7-8-14-33(32)34/h1-23H. The first-order valence-electron chi connectivity index (χ1n) is 13.6. The minimum Gasteiger partial charge on any atom is -0.208 e. The van der Waals surface area contributed by atoms with E-state index in [-0.39, 0.29) is 0 Å². The second-order valence-corrected chi connectivity index (χ2v) is 9.98. The topological polar surface area (TPSA) is 38.7 Å². The molecule has 0 fully saturated rings. The van der Waals surface area contributed by atoms with Crippen LogP contribution < -0.4 is 0 Å². The van der Waals surface area contributed by atoms with Gasteiger partial charge in [-0.3, -0.25) is 0 Å². The van der Waals surface area contributed by atoms with Crippen LogP contribution in [0.2, 0.25) is 0 Å². The number of nitrogens with zero attached hydrogens (tertiary/aromatic N) is 3. The molecular formula is C37H23F2N3. The van der Waals surface area contributed by atoms with Crippen molar-refractivity contribution in [3.05, 3.63) is 151 Å². The lowest BCUT2D eigenvalue weighted by atomic mass is 9.94. The molecule has 0 amide bonds. The van der Waals surface area contributed by atoms with Crippen LogP contribution in [0.1, 0.15) is 0 Å². The summed E-state index contributed by atoms with van der Waals surface area (Å²) in [5, 5.41) is 2.15. The van der Waals surface area contributed by atoms with E-state index in [0.29, 0.717) is 28.6 Å². The first-order chi connectivity index (χ1) is 20.6. The molecule has 6 aromatic carbocycles. The molecule has 42 heavy (non-hydrogen) atoms. The zero-order valence-corrected chi connectivity index (χ0v) is 22.4. The SMILES string of the molecule is Fc1cc(F)cc(-c2ccc(-c3nc(-c4ccccc4)nc(-c4ccc(-c5ccccc5)c5ccccc45)n3)cc2)c1. The van der Waals surface area contributed by atoms with Crippen LogP contribution in [-0.4, -0.2) is 15.0 Å². The Kier molecular flexibility index (Phi) is 6.53. The molecule has 0 bridgehead atoms. The lowest BCUT2D eigenvalue weighted by molar-refractivity contribution is 0.584. The Balaban J connectivity index is 1.38. The fourth-order valence-corrected chi connectivity index (χ4v) is 5.24. The number of fused-ring (bicyclic) bond motifs is 1. The van der Waals surface area contributed by atoms with Crippen molar-refractivity contribution >= 4 is 10.8 Å². The van der Waals surface area contributed by atoms with Gasteiger partial charge in [-0.05, 0) is 51.2 Å². The zero-order valence-electron chi connectivity index (χ0n) is 22.4. The Morgan fingerprint density at radius 3 is 1.40 bits per heavy atom. The van der Waals surface area contributed by atoms with Crippen molar-refractivity contribution < 1.29 is 8.78 Å². The molecular weight excluding hydrogens is 524 g/mol. The molecule has 0 aliphatic carbocycles. The van der Waals surface area contributed by atoms with Gasteiger partial charge in [0.05, 0.1) is 0 Å². The average Bonchev–Trinajstić information content (AvgIpc) is 3.04. The molecule has 0 aliphatic rings. The highest BCUT2D eigenvalue weighted by atomic mass is 19.1. The average molecular weight is 548 g/mol. The number of rotatable bonds is 5. The Morgan fingerprint density at radius 1 is 0.333 bits per heavy atom. The quantitative estimate of drug-likeness (QED) is 0.215. The van der Waals surface area contributed by atoms with E-state index >= 15 is 0 Å². The van der Waals surface area contributed by atoms with Gasteiger partial charge in [-0.2, -0.15) is 0 Å². The van der Waals surface area contributed by atoms with Gasteiger partial charge in [0.2, 0.25) is 0 Å². The summed E-state index contributed by atoms with van der Waals surface area (Å²) < 4.78 is 27.7. The van der Waals surface area contributed by atoms with Crippen LogP contribution in [-0.2, 0) is 0 Å². The van der Waals surface area contributed by atoms with E-state index in [0.717, 1.165) is 44.7 Å². The second-order valence-electron chi connectivity index (χ2n) is 9.98. The summed E-state index contributed by atoms with van der Waals surface area (Å²) in [6.45, 7) is 0. The molecule has 3 nitrogen and oxygen atoms in total. The van der Waals surface area contributed by atoms with E-state index in [1.165, 1.54) is 12.1 Å². The van der Waals surface area contributed by atoms with Crippen molar-refractivity contribution in [3.63, 3.8) is 0 Å². The Hall–Kier alpha value is -5.55. The van der Waals surface area contributed by atoms with Crippen molar-refractivity contribution in [2.24, 2.45) is 0 Å². The van der Waals surface area contributed by atoms with Crippen LogP contribution in [0, 0.1) is 11.6 Å². The van der Waals surface area contributed by atoms with Crippen LogP contribution in [0.4, 0.5) is 8.78 Å². The fourth-order valence-electron chi connectivity index (χ4n) is 5.24. The van der Waals surface area contributed by atoms with Crippen LogP contribution in [0.15, 0.2) is 140 Å². The third-order valence-electron chi connectivity index (χ3n) is 7.26. The minimum absolute atomic E-state index is 0.463. The zero-order chi connectivity index (χ0) is 28.5. The Labute approximate surface area is 241 Å². The van der Waals surface area contributed by atoms with Crippen LogP contribution in [0.5, 0.6) is 0 Å². The summed E-state index contributed by atoms with van der Waals surface area (Å²) in [5.41, 5.74) is 5.97. The van der Waals surface area contributed by atoms with E-state index < -0.39 is 11.6 Å². The molecule has 0 radical (unpaired) electrons. The van der Waals surface area contributed by atoms with Crippen LogP contribution in [0.25, 0.3) is 67.2 Å². The molecule has 200 valence electrons. The van der Waals surface area contributed by atoms with Crippen LogP contribution in [0.3, 0.4) is 0 Å². The van der Waals surface area contributed by atoms with Crippen molar-refractivity contribution in [1.29, 1.82) is 0 Å². The molecule has 7 aromatic rings. The largest absolute Gasteiger partial charge is 0.208 e. The molecule has 0 aliphatic heterocycles. The van der Waals surface area contributed by atoms with Crippen molar-refractivity contribution in [1.82, 2.24) is 15.0 Å². The normalized spacial score (nSPS) is 11.1. The molecule has 0 spiro atoms. The van der Waals surface area contributed by atoms with Crippen LogP contribution >= 0.6 is 0 Å².